The third kappa shape index (κ3) is 2.53. The molecule has 96 valence electrons. The van der Waals surface area contributed by atoms with Crippen molar-refractivity contribution in [3.8, 4) is 0 Å². The van der Waals surface area contributed by atoms with E-state index in [1.54, 1.807) is 6.07 Å². The zero-order chi connectivity index (χ0) is 13.3. The molecule has 1 heterocycles. The quantitative estimate of drug-likeness (QED) is 0.819. The molecule has 0 radical (unpaired) electrons. The lowest BCUT2D eigenvalue weighted by Crippen LogP contribution is -2.36. The highest BCUT2D eigenvalue weighted by Crippen LogP contribution is 2.33. The SMILES string of the molecule is CC(C(=O)Nc1c(Cl)ccc(C)c1Cl)=C1CNC1. The third-order valence-corrected chi connectivity index (χ3v) is 3.87. The van der Waals surface area contributed by atoms with Crippen molar-refractivity contribution in [3.63, 3.8) is 0 Å². The number of aryl methyl sites for hydroxylation is 1. The second-order valence-corrected chi connectivity index (χ2v) is 5.12. The van der Waals surface area contributed by atoms with Crippen molar-refractivity contribution in [2.24, 2.45) is 0 Å². The van der Waals surface area contributed by atoms with Crippen molar-refractivity contribution in [1.82, 2.24) is 5.32 Å². The number of anilines is 1. The molecule has 1 aromatic carbocycles. The van der Waals surface area contributed by atoms with Crippen LogP contribution in [0.4, 0.5) is 5.69 Å². The monoisotopic (exact) mass is 284 g/mol. The lowest BCUT2D eigenvalue weighted by Gasteiger charge is -2.21. The Labute approximate surface area is 116 Å². The van der Waals surface area contributed by atoms with Gasteiger partial charge < -0.3 is 10.6 Å². The van der Waals surface area contributed by atoms with E-state index in [2.05, 4.69) is 10.6 Å². The number of hydrogen-bond acceptors (Lipinski definition) is 2. The number of hydrogen-bond donors (Lipinski definition) is 2. The van der Waals surface area contributed by atoms with Gasteiger partial charge >= 0.3 is 0 Å². The van der Waals surface area contributed by atoms with E-state index in [0.717, 1.165) is 29.8 Å². The topological polar surface area (TPSA) is 41.1 Å². The van der Waals surface area contributed by atoms with E-state index in [4.69, 9.17) is 23.2 Å². The molecule has 18 heavy (non-hydrogen) atoms. The van der Waals surface area contributed by atoms with E-state index in [0.29, 0.717) is 15.7 Å². The van der Waals surface area contributed by atoms with Crippen LogP contribution < -0.4 is 10.6 Å². The highest BCUT2D eigenvalue weighted by molar-refractivity contribution is 6.40. The van der Waals surface area contributed by atoms with Gasteiger partial charge in [-0.05, 0) is 31.1 Å². The molecule has 0 unspecified atom stereocenters. The Morgan fingerprint density at radius 1 is 1.33 bits per heavy atom. The fourth-order valence-electron chi connectivity index (χ4n) is 1.65. The van der Waals surface area contributed by atoms with Crippen molar-refractivity contribution in [2.45, 2.75) is 13.8 Å². The summed E-state index contributed by atoms with van der Waals surface area (Å²) >= 11 is 12.2. The van der Waals surface area contributed by atoms with Gasteiger partial charge in [0.15, 0.2) is 0 Å². The zero-order valence-corrected chi connectivity index (χ0v) is 11.7. The summed E-state index contributed by atoms with van der Waals surface area (Å²) < 4.78 is 0. The Balaban J connectivity index is 2.24. The summed E-state index contributed by atoms with van der Waals surface area (Å²) in [4.78, 5) is 12.0. The lowest BCUT2D eigenvalue weighted by molar-refractivity contribution is -0.112. The van der Waals surface area contributed by atoms with Crippen LogP contribution in [0.3, 0.4) is 0 Å². The summed E-state index contributed by atoms with van der Waals surface area (Å²) in [5.74, 6) is -0.152. The number of amides is 1. The van der Waals surface area contributed by atoms with Crippen LogP contribution >= 0.6 is 23.2 Å². The van der Waals surface area contributed by atoms with Crippen molar-refractivity contribution in [2.75, 3.05) is 18.4 Å². The molecule has 2 rings (SSSR count). The second-order valence-electron chi connectivity index (χ2n) is 4.34. The van der Waals surface area contributed by atoms with E-state index in [1.807, 2.05) is 19.9 Å². The molecule has 1 saturated heterocycles. The van der Waals surface area contributed by atoms with Gasteiger partial charge in [0.1, 0.15) is 0 Å². The lowest BCUT2D eigenvalue weighted by atomic mass is 10.0. The molecular formula is C13H14Cl2N2O. The van der Waals surface area contributed by atoms with Gasteiger partial charge in [-0.3, -0.25) is 4.79 Å². The first kappa shape index (κ1) is 13.4. The number of nitrogens with one attached hydrogen (secondary N) is 2. The highest BCUT2D eigenvalue weighted by atomic mass is 35.5. The Hall–Kier alpha value is -1.03. The first-order valence-corrected chi connectivity index (χ1v) is 6.41. The molecule has 0 saturated carbocycles. The molecule has 5 heteroatoms. The molecule has 1 fully saturated rings. The fraction of sp³-hybridized carbons (Fsp3) is 0.308. The van der Waals surface area contributed by atoms with Gasteiger partial charge in [-0.1, -0.05) is 29.3 Å². The third-order valence-electron chi connectivity index (χ3n) is 3.07. The largest absolute Gasteiger partial charge is 0.320 e. The van der Waals surface area contributed by atoms with Crippen molar-refractivity contribution in [1.29, 1.82) is 0 Å². The molecule has 0 aromatic heterocycles. The van der Waals surface area contributed by atoms with Crippen molar-refractivity contribution >= 4 is 34.8 Å². The fourth-order valence-corrected chi connectivity index (χ4v) is 2.12. The second kappa shape index (κ2) is 5.31. The molecule has 0 spiro atoms. The van der Waals surface area contributed by atoms with Crippen LogP contribution in [-0.4, -0.2) is 19.0 Å². The van der Waals surface area contributed by atoms with Gasteiger partial charge in [-0.25, -0.2) is 0 Å². The van der Waals surface area contributed by atoms with Crippen LogP contribution in [0, 0.1) is 6.92 Å². The molecule has 1 aliphatic rings. The summed E-state index contributed by atoms with van der Waals surface area (Å²) in [6.07, 6.45) is 0. The molecule has 0 atom stereocenters. The van der Waals surface area contributed by atoms with Crippen LogP contribution in [-0.2, 0) is 4.79 Å². The molecule has 1 aliphatic heterocycles. The smallest absolute Gasteiger partial charge is 0.251 e. The Morgan fingerprint density at radius 3 is 2.56 bits per heavy atom. The maximum atomic E-state index is 12.0. The number of rotatable bonds is 2. The minimum atomic E-state index is -0.152. The summed E-state index contributed by atoms with van der Waals surface area (Å²) in [6, 6.07) is 3.55. The highest BCUT2D eigenvalue weighted by Gasteiger charge is 2.18. The van der Waals surface area contributed by atoms with Crippen LogP contribution in [0.15, 0.2) is 23.3 Å². The minimum absolute atomic E-state index is 0.152. The molecule has 3 nitrogen and oxygen atoms in total. The first-order chi connectivity index (χ1) is 8.50. The van der Waals surface area contributed by atoms with Gasteiger partial charge in [-0.15, -0.1) is 0 Å². The minimum Gasteiger partial charge on any atom is -0.320 e. The summed E-state index contributed by atoms with van der Waals surface area (Å²) in [7, 11) is 0. The van der Waals surface area contributed by atoms with Crippen LogP contribution in [0.1, 0.15) is 12.5 Å². The molecule has 0 bridgehead atoms. The molecule has 2 N–H and O–H groups in total. The van der Waals surface area contributed by atoms with Gasteiger partial charge in [-0.2, -0.15) is 0 Å². The van der Waals surface area contributed by atoms with Crippen LogP contribution in [0.25, 0.3) is 0 Å². The number of halogens is 2. The number of carbonyl (C=O) groups excluding carboxylic acids is 1. The van der Waals surface area contributed by atoms with Gasteiger partial charge in [0, 0.05) is 18.7 Å². The maximum absolute atomic E-state index is 12.0. The van der Waals surface area contributed by atoms with Gasteiger partial charge in [0.2, 0.25) is 0 Å². The van der Waals surface area contributed by atoms with E-state index < -0.39 is 0 Å². The Kier molecular flexibility index (Phi) is 3.95. The Bertz CT molecular complexity index is 532. The standard InChI is InChI=1S/C13H14Cl2N2O/c1-7-3-4-10(14)12(11(7)15)17-13(18)8(2)9-5-16-6-9/h3-4,16H,5-6H2,1-2H3,(H,17,18). The summed E-state index contributed by atoms with van der Waals surface area (Å²) in [5.41, 5.74) is 3.21. The Morgan fingerprint density at radius 2 is 2.00 bits per heavy atom. The first-order valence-electron chi connectivity index (χ1n) is 5.66. The maximum Gasteiger partial charge on any atom is 0.251 e. The van der Waals surface area contributed by atoms with E-state index in [9.17, 15) is 4.79 Å². The van der Waals surface area contributed by atoms with Crippen LogP contribution in [0.5, 0.6) is 0 Å². The average molecular weight is 285 g/mol. The zero-order valence-electron chi connectivity index (χ0n) is 10.2. The predicted octanol–water partition coefficient (Wildman–Crippen LogP) is 3.16. The molecule has 0 aliphatic carbocycles. The van der Waals surface area contributed by atoms with E-state index in [-0.39, 0.29) is 5.91 Å². The number of benzene rings is 1. The number of carbonyl (C=O) groups is 1. The summed E-state index contributed by atoms with van der Waals surface area (Å²) in [6.45, 7) is 5.22. The molecular weight excluding hydrogens is 271 g/mol. The van der Waals surface area contributed by atoms with Crippen LogP contribution in [0.2, 0.25) is 10.0 Å². The van der Waals surface area contributed by atoms with E-state index >= 15 is 0 Å². The van der Waals surface area contributed by atoms with E-state index in [1.165, 1.54) is 0 Å². The molecule has 1 amide bonds. The van der Waals surface area contributed by atoms with Crippen molar-refractivity contribution < 1.29 is 4.79 Å². The average Bonchev–Trinajstić information content (AvgIpc) is 2.27. The molecule has 1 aromatic rings. The predicted molar refractivity (Wildman–Crippen MR) is 75.4 cm³/mol. The normalized spacial score (nSPS) is 14.1. The van der Waals surface area contributed by atoms with Crippen molar-refractivity contribution in [3.05, 3.63) is 38.9 Å². The van der Waals surface area contributed by atoms with Gasteiger partial charge in [0.25, 0.3) is 5.91 Å². The summed E-state index contributed by atoms with van der Waals surface area (Å²) in [5, 5.41) is 6.82. The van der Waals surface area contributed by atoms with Gasteiger partial charge in [0.05, 0.1) is 15.7 Å².